The summed E-state index contributed by atoms with van der Waals surface area (Å²) in [5.41, 5.74) is 5.19. The van der Waals surface area contributed by atoms with Gasteiger partial charge in [0.15, 0.2) is 0 Å². The van der Waals surface area contributed by atoms with Gasteiger partial charge in [0.1, 0.15) is 17.1 Å². The SMILES string of the molecule is CCCC(OC(=O)c1ccc2c(C)cn(-n3nnc4ccccc43)c2c1)c1ccccc1. The van der Waals surface area contributed by atoms with E-state index in [9.17, 15) is 4.79 Å². The van der Waals surface area contributed by atoms with Crippen molar-refractivity contribution in [3.63, 3.8) is 0 Å². The number of hydrogen-bond donors (Lipinski definition) is 0. The van der Waals surface area contributed by atoms with Crippen LogP contribution in [0.2, 0.25) is 0 Å². The van der Waals surface area contributed by atoms with Gasteiger partial charge in [0.05, 0.1) is 11.1 Å². The first-order chi connectivity index (χ1) is 15.7. The van der Waals surface area contributed by atoms with Gasteiger partial charge in [0, 0.05) is 11.6 Å². The summed E-state index contributed by atoms with van der Waals surface area (Å²) in [5, 5.41) is 9.64. The molecule has 160 valence electrons. The zero-order valence-electron chi connectivity index (χ0n) is 18.1. The minimum atomic E-state index is -0.331. The number of aromatic nitrogens is 4. The number of benzene rings is 3. The van der Waals surface area contributed by atoms with Crippen LogP contribution in [-0.2, 0) is 4.74 Å². The highest BCUT2D eigenvalue weighted by Crippen LogP contribution is 2.27. The molecule has 0 amide bonds. The topological polar surface area (TPSA) is 61.9 Å². The van der Waals surface area contributed by atoms with Crippen LogP contribution in [0.25, 0.3) is 21.9 Å². The van der Waals surface area contributed by atoms with Gasteiger partial charge in [-0.05, 0) is 54.0 Å². The fourth-order valence-corrected chi connectivity index (χ4v) is 4.10. The molecule has 5 rings (SSSR count). The fourth-order valence-electron chi connectivity index (χ4n) is 4.10. The van der Waals surface area contributed by atoms with Gasteiger partial charge in [0.2, 0.25) is 0 Å². The Bertz CT molecular complexity index is 1400. The molecule has 0 aliphatic rings. The molecule has 0 N–H and O–H groups in total. The van der Waals surface area contributed by atoms with Crippen LogP contribution < -0.4 is 0 Å². The molecule has 3 aromatic carbocycles. The van der Waals surface area contributed by atoms with Crippen LogP contribution in [0.15, 0.2) is 79.0 Å². The van der Waals surface area contributed by atoms with Gasteiger partial charge >= 0.3 is 5.97 Å². The minimum Gasteiger partial charge on any atom is -0.454 e. The van der Waals surface area contributed by atoms with E-state index in [0.717, 1.165) is 45.9 Å². The molecule has 0 aliphatic heterocycles. The van der Waals surface area contributed by atoms with E-state index in [1.807, 2.05) is 90.6 Å². The Kier molecular flexibility index (Phi) is 5.19. The van der Waals surface area contributed by atoms with E-state index in [0.29, 0.717) is 5.56 Å². The summed E-state index contributed by atoms with van der Waals surface area (Å²) in [7, 11) is 0. The second-order valence-electron chi connectivity index (χ2n) is 7.95. The summed E-state index contributed by atoms with van der Waals surface area (Å²) in [6.45, 7) is 4.14. The van der Waals surface area contributed by atoms with Crippen molar-refractivity contribution in [3.05, 3.63) is 95.7 Å². The molecule has 0 saturated carbocycles. The number of hydrogen-bond acceptors (Lipinski definition) is 4. The molecule has 0 saturated heterocycles. The molecule has 1 unspecified atom stereocenters. The second-order valence-corrected chi connectivity index (χ2v) is 7.95. The van der Waals surface area contributed by atoms with Gasteiger partial charge in [-0.15, -0.1) is 9.89 Å². The van der Waals surface area contributed by atoms with Crippen LogP contribution in [0.1, 0.15) is 47.4 Å². The standard InChI is InChI=1S/C26H24N4O2/c1-3-9-25(19-10-5-4-6-11-19)32-26(31)20-14-15-21-18(2)17-29(24(21)16-20)30-23-13-8-7-12-22(23)27-28-30/h4-8,10-17,25H,3,9H2,1-2H3. The molecule has 2 heterocycles. The molecule has 0 bridgehead atoms. The molecule has 0 fully saturated rings. The number of aryl methyl sites for hydroxylation is 1. The average molecular weight is 425 g/mol. The van der Waals surface area contributed by atoms with Crippen molar-refractivity contribution in [2.45, 2.75) is 32.8 Å². The second kappa shape index (κ2) is 8.30. The molecule has 2 aromatic heterocycles. The highest BCUT2D eigenvalue weighted by Gasteiger charge is 2.19. The van der Waals surface area contributed by atoms with Gasteiger partial charge in [-0.1, -0.05) is 61.9 Å². The van der Waals surface area contributed by atoms with E-state index in [2.05, 4.69) is 17.2 Å². The minimum absolute atomic E-state index is 0.267. The Morgan fingerprint density at radius 2 is 1.78 bits per heavy atom. The Morgan fingerprint density at radius 3 is 2.59 bits per heavy atom. The molecule has 5 aromatic rings. The zero-order valence-corrected chi connectivity index (χ0v) is 18.1. The van der Waals surface area contributed by atoms with E-state index in [4.69, 9.17) is 4.74 Å². The highest BCUT2D eigenvalue weighted by molar-refractivity contribution is 5.95. The quantitative estimate of drug-likeness (QED) is 0.328. The van der Waals surface area contributed by atoms with Crippen molar-refractivity contribution < 1.29 is 9.53 Å². The predicted molar refractivity (Wildman–Crippen MR) is 125 cm³/mol. The van der Waals surface area contributed by atoms with Crippen molar-refractivity contribution in [2.24, 2.45) is 0 Å². The zero-order chi connectivity index (χ0) is 22.1. The molecule has 0 spiro atoms. The first-order valence-electron chi connectivity index (χ1n) is 10.8. The largest absolute Gasteiger partial charge is 0.454 e. The summed E-state index contributed by atoms with van der Waals surface area (Å²) in [6.07, 6.45) is 3.44. The van der Waals surface area contributed by atoms with Crippen molar-refractivity contribution >= 4 is 27.9 Å². The third-order valence-corrected chi connectivity index (χ3v) is 5.73. The number of rotatable bonds is 6. The Labute approximate surface area is 186 Å². The fraction of sp³-hybridized carbons (Fsp3) is 0.192. The smallest absolute Gasteiger partial charge is 0.338 e. The average Bonchev–Trinajstić information content (AvgIpc) is 3.40. The summed E-state index contributed by atoms with van der Waals surface area (Å²) in [6, 6.07) is 23.4. The van der Waals surface area contributed by atoms with Crippen LogP contribution >= 0.6 is 0 Å². The van der Waals surface area contributed by atoms with E-state index >= 15 is 0 Å². The van der Waals surface area contributed by atoms with Crippen molar-refractivity contribution in [1.82, 2.24) is 19.8 Å². The molecular weight excluding hydrogens is 400 g/mol. The lowest BCUT2D eigenvalue weighted by molar-refractivity contribution is 0.0275. The van der Waals surface area contributed by atoms with E-state index in [1.54, 1.807) is 4.79 Å². The molecule has 6 nitrogen and oxygen atoms in total. The first kappa shape index (κ1) is 20.0. The first-order valence-corrected chi connectivity index (χ1v) is 10.8. The van der Waals surface area contributed by atoms with E-state index in [1.165, 1.54) is 0 Å². The molecule has 6 heteroatoms. The third-order valence-electron chi connectivity index (χ3n) is 5.73. The summed E-state index contributed by atoms with van der Waals surface area (Å²) in [4.78, 5) is 14.9. The number of carbonyl (C=O) groups excluding carboxylic acids is 1. The molecule has 0 aliphatic carbocycles. The highest BCUT2D eigenvalue weighted by atomic mass is 16.5. The van der Waals surface area contributed by atoms with Crippen LogP contribution in [0.3, 0.4) is 0 Å². The summed E-state index contributed by atoms with van der Waals surface area (Å²) in [5.74, 6) is -0.331. The van der Waals surface area contributed by atoms with Gasteiger partial charge < -0.3 is 4.74 Å². The number of para-hydroxylation sites is 1. The Morgan fingerprint density at radius 1 is 1.00 bits per heavy atom. The molecule has 1 atom stereocenters. The van der Waals surface area contributed by atoms with Crippen LogP contribution in [0.4, 0.5) is 0 Å². The van der Waals surface area contributed by atoms with Crippen molar-refractivity contribution in [3.8, 4) is 0 Å². The van der Waals surface area contributed by atoms with E-state index in [-0.39, 0.29) is 12.1 Å². The van der Waals surface area contributed by atoms with Gasteiger partial charge in [0.25, 0.3) is 0 Å². The lowest BCUT2D eigenvalue weighted by Gasteiger charge is -2.18. The normalized spacial score (nSPS) is 12.3. The monoisotopic (exact) mass is 424 g/mol. The van der Waals surface area contributed by atoms with Crippen LogP contribution in [0.5, 0.6) is 0 Å². The number of nitrogens with zero attached hydrogens (tertiary/aromatic N) is 4. The maximum Gasteiger partial charge on any atom is 0.338 e. The maximum atomic E-state index is 13.1. The van der Waals surface area contributed by atoms with Crippen LogP contribution in [0, 0.1) is 6.92 Å². The Hall–Kier alpha value is -3.93. The predicted octanol–water partition coefficient (Wildman–Crippen LogP) is 5.70. The molecular formula is C26H24N4O2. The number of ether oxygens (including phenoxy) is 1. The summed E-state index contributed by atoms with van der Waals surface area (Å²) >= 11 is 0. The molecule has 32 heavy (non-hydrogen) atoms. The number of carbonyl (C=O) groups is 1. The number of fused-ring (bicyclic) bond motifs is 2. The maximum absolute atomic E-state index is 13.1. The van der Waals surface area contributed by atoms with Gasteiger partial charge in [-0.3, -0.25) is 0 Å². The summed E-state index contributed by atoms with van der Waals surface area (Å²) < 4.78 is 7.86. The van der Waals surface area contributed by atoms with Crippen molar-refractivity contribution in [1.29, 1.82) is 0 Å². The number of esters is 1. The van der Waals surface area contributed by atoms with E-state index < -0.39 is 0 Å². The van der Waals surface area contributed by atoms with Crippen LogP contribution in [-0.4, -0.2) is 25.7 Å². The van der Waals surface area contributed by atoms with Crippen molar-refractivity contribution in [2.75, 3.05) is 0 Å². The lowest BCUT2D eigenvalue weighted by atomic mass is 10.0. The van der Waals surface area contributed by atoms with Gasteiger partial charge in [-0.2, -0.15) is 0 Å². The molecule has 0 radical (unpaired) electrons. The van der Waals surface area contributed by atoms with Gasteiger partial charge in [-0.25, -0.2) is 9.47 Å². The Balaban J connectivity index is 1.53. The lowest BCUT2D eigenvalue weighted by Crippen LogP contribution is -2.13. The third kappa shape index (κ3) is 3.54.